The van der Waals surface area contributed by atoms with Crippen molar-refractivity contribution in [2.45, 2.75) is 0 Å². The van der Waals surface area contributed by atoms with Crippen molar-refractivity contribution < 1.29 is 9.34 Å². The van der Waals surface area contributed by atoms with Crippen molar-refractivity contribution in [3.05, 3.63) is 52.8 Å². The third-order valence-electron chi connectivity index (χ3n) is 2.56. The monoisotopic (exact) mass is 256 g/mol. The molecule has 0 saturated carbocycles. The van der Waals surface area contributed by atoms with Crippen LogP contribution < -0.4 is 0 Å². The molecule has 2 heterocycles. The lowest BCUT2D eigenvalue weighted by atomic mass is 10.2. The van der Waals surface area contributed by atoms with Crippen LogP contribution in [0.25, 0.3) is 23.0 Å². The Kier molecular flexibility index (Phi) is 2.57. The second-order valence-corrected chi connectivity index (χ2v) is 3.79. The van der Waals surface area contributed by atoms with E-state index in [0.29, 0.717) is 23.0 Å². The summed E-state index contributed by atoms with van der Waals surface area (Å²) in [5, 5.41) is 17.5. The summed E-state index contributed by atoms with van der Waals surface area (Å²) >= 11 is 0. The summed E-state index contributed by atoms with van der Waals surface area (Å²) in [6.07, 6.45) is 1.53. The van der Waals surface area contributed by atoms with Gasteiger partial charge in [-0.25, -0.2) is 4.98 Å². The zero-order valence-corrected chi connectivity index (χ0v) is 9.61. The van der Waals surface area contributed by atoms with Gasteiger partial charge in [-0.05, 0) is 12.1 Å². The molecular formula is C12H8N4O3. The van der Waals surface area contributed by atoms with E-state index in [9.17, 15) is 10.1 Å². The topological polar surface area (TPSA) is 97.8 Å². The number of H-pyrrole nitrogens is 1. The minimum Gasteiger partial charge on any atom is -0.461 e. The van der Waals surface area contributed by atoms with Crippen molar-refractivity contribution in [1.29, 1.82) is 0 Å². The molecule has 7 nitrogen and oxygen atoms in total. The van der Waals surface area contributed by atoms with E-state index in [1.807, 2.05) is 0 Å². The first kappa shape index (κ1) is 11.1. The molecule has 19 heavy (non-hydrogen) atoms. The third-order valence-corrected chi connectivity index (χ3v) is 2.56. The van der Waals surface area contributed by atoms with Gasteiger partial charge in [-0.1, -0.05) is 12.1 Å². The van der Waals surface area contributed by atoms with Crippen molar-refractivity contribution in [2.75, 3.05) is 0 Å². The predicted molar refractivity (Wildman–Crippen MR) is 66.2 cm³/mol. The van der Waals surface area contributed by atoms with Crippen molar-refractivity contribution in [3.63, 3.8) is 0 Å². The number of rotatable bonds is 3. The van der Waals surface area contributed by atoms with E-state index in [1.165, 1.54) is 18.4 Å². The summed E-state index contributed by atoms with van der Waals surface area (Å²) in [5.74, 6) is 1.42. The Morgan fingerprint density at radius 2 is 2.16 bits per heavy atom. The molecule has 3 aromatic rings. The van der Waals surface area contributed by atoms with E-state index in [1.54, 1.807) is 24.3 Å². The number of nitrogens with zero attached hydrogens (tertiary/aromatic N) is 3. The van der Waals surface area contributed by atoms with E-state index < -0.39 is 4.92 Å². The first-order valence-electron chi connectivity index (χ1n) is 5.45. The quantitative estimate of drug-likeness (QED) is 0.573. The number of nitro benzene ring substituents is 1. The van der Waals surface area contributed by atoms with E-state index in [-0.39, 0.29) is 5.69 Å². The fourth-order valence-electron chi connectivity index (χ4n) is 1.67. The van der Waals surface area contributed by atoms with Gasteiger partial charge in [0.1, 0.15) is 0 Å². The molecule has 0 atom stereocenters. The predicted octanol–water partition coefficient (Wildman–Crippen LogP) is 2.64. The number of non-ortho nitro benzene ring substituents is 1. The van der Waals surface area contributed by atoms with Crippen LogP contribution in [0.5, 0.6) is 0 Å². The lowest BCUT2D eigenvalue weighted by Gasteiger charge is -1.94. The van der Waals surface area contributed by atoms with Gasteiger partial charge >= 0.3 is 0 Å². The molecule has 0 saturated heterocycles. The fraction of sp³-hybridized carbons (Fsp3) is 0. The normalized spacial score (nSPS) is 10.5. The smallest absolute Gasteiger partial charge is 0.270 e. The summed E-state index contributed by atoms with van der Waals surface area (Å²) in [6.45, 7) is 0. The lowest BCUT2D eigenvalue weighted by molar-refractivity contribution is -0.384. The van der Waals surface area contributed by atoms with Crippen molar-refractivity contribution in [3.8, 4) is 23.0 Å². The summed E-state index contributed by atoms with van der Waals surface area (Å²) in [7, 11) is 0. The number of nitrogens with one attached hydrogen (secondary N) is 1. The standard InChI is InChI=1S/C12H8N4O3/c17-16(18)9-4-1-3-8(7-9)11-13-12(15-14-11)10-5-2-6-19-10/h1-7H,(H,13,14,15). The Hall–Kier alpha value is -2.96. The van der Waals surface area contributed by atoms with Crippen LogP contribution >= 0.6 is 0 Å². The molecule has 94 valence electrons. The Labute approximate surface area is 107 Å². The highest BCUT2D eigenvalue weighted by Crippen LogP contribution is 2.23. The summed E-state index contributed by atoms with van der Waals surface area (Å²) in [4.78, 5) is 14.5. The van der Waals surface area contributed by atoms with Gasteiger partial charge in [0.25, 0.3) is 5.69 Å². The largest absolute Gasteiger partial charge is 0.461 e. The van der Waals surface area contributed by atoms with Crippen LogP contribution in [0.2, 0.25) is 0 Å². The maximum absolute atomic E-state index is 10.7. The Bertz CT molecular complexity index is 718. The Balaban J connectivity index is 1.99. The van der Waals surface area contributed by atoms with Crippen LogP contribution in [0.15, 0.2) is 47.1 Å². The Morgan fingerprint density at radius 1 is 1.26 bits per heavy atom. The number of aromatic nitrogens is 3. The summed E-state index contributed by atoms with van der Waals surface area (Å²) in [6, 6.07) is 9.64. The molecule has 1 aromatic carbocycles. The number of furan rings is 1. The zero-order chi connectivity index (χ0) is 13.2. The van der Waals surface area contributed by atoms with E-state index >= 15 is 0 Å². The van der Waals surface area contributed by atoms with Gasteiger partial charge in [0.15, 0.2) is 17.4 Å². The van der Waals surface area contributed by atoms with Crippen molar-refractivity contribution in [2.24, 2.45) is 0 Å². The van der Waals surface area contributed by atoms with Crippen LogP contribution in [-0.2, 0) is 0 Å². The molecule has 0 spiro atoms. The van der Waals surface area contributed by atoms with Gasteiger partial charge in [-0.15, -0.1) is 0 Å². The summed E-state index contributed by atoms with van der Waals surface area (Å²) in [5.41, 5.74) is 0.574. The molecule has 0 fully saturated rings. The van der Waals surface area contributed by atoms with E-state index in [0.717, 1.165) is 0 Å². The number of benzene rings is 1. The molecule has 0 aliphatic heterocycles. The molecule has 2 aromatic heterocycles. The van der Waals surface area contributed by atoms with Crippen molar-refractivity contribution >= 4 is 5.69 Å². The van der Waals surface area contributed by atoms with Crippen LogP contribution in [0.3, 0.4) is 0 Å². The van der Waals surface area contributed by atoms with Gasteiger partial charge in [0.2, 0.25) is 0 Å². The average molecular weight is 256 g/mol. The van der Waals surface area contributed by atoms with Gasteiger partial charge in [-0.3, -0.25) is 15.2 Å². The lowest BCUT2D eigenvalue weighted by Crippen LogP contribution is -1.88. The van der Waals surface area contributed by atoms with Crippen molar-refractivity contribution in [1.82, 2.24) is 15.2 Å². The second-order valence-electron chi connectivity index (χ2n) is 3.79. The van der Waals surface area contributed by atoms with Gasteiger partial charge in [-0.2, -0.15) is 5.10 Å². The van der Waals surface area contributed by atoms with Gasteiger partial charge in [0.05, 0.1) is 11.2 Å². The van der Waals surface area contributed by atoms with E-state index in [2.05, 4.69) is 15.2 Å². The third kappa shape index (κ3) is 2.08. The molecular weight excluding hydrogens is 248 g/mol. The molecule has 1 N–H and O–H groups in total. The van der Waals surface area contributed by atoms with Gasteiger partial charge < -0.3 is 4.42 Å². The summed E-state index contributed by atoms with van der Waals surface area (Å²) < 4.78 is 5.19. The molecule has 7 heteroatoms. The first-order chi connectivity index (χ1) is 9.24. The number of hydrogen-bond acceptors (Lipinski definition) is 5. The SMILES string of the molecule is O=[N+]([O-])c1cccc(-c2n[nH]c(-c3ccco3)n2)c1. The minimum atomic E-state index is -0.455. The molecule has 0 amide bonds. The maximum Gasteiger partial charge on any atom is 0.270 e. The number of nitro groups is 1. The molecule has 0 aliphatic carbocycles. The highest BCUT2D eigenvalue weighted by molar-refractivity contribution is 5.61. The highest BCUT2D eigenvalue weighted by atomic mass is 16.6. The minimum absolute atomic E-state index is 0.00171. The zero-order valence-electron chi connectivity index (χ0n) is 9.61. The highest BCUT2D eigenvalue weighted by Gasteiger charge is 2.12. The second kappa shape index (κ2) is 4.37. The van der Waals surface area contributed by atoms with Crippen LogP contribution in [0, 0.1) is 10.1 Å². The molecule has 0 bridgehead atoms. The van der Waals surface area contributed by atoms with E-state index in [4.69, 9.17) is 4.42 Å². The van der Waals surface area contributed by atoms with Crippen LogP contribution in [0.1, 0.15) is 0 Å². The van der Waals surface area contributed by atoms with Crippen LogP contribution in [0.4, 0.5) is 5.69 Å². The van der Waals surface area contributed by atoms with Crippen LogP contribution in [-0.4, -0.2) is 20.1 Å². The molecule has 0 aliphatic rings. The fourth-order valence-corrected chi connectivity index (χ4v) is 1.67. The van der Waals surface area contributed by atoms with Gasteiger partial charge in [0, 0.05) is 17.7 Å². The Morgan fingerprint density at radius 3 is 2.89 bits per heavy atom. The maximum atomic E-state index is 10.7. The number of hydrogen-bond donors (Lipinski definition) is 1. The molecule has 3 rings (SSSR count). The first-order valence-corrected chi connectivity index (χ1v) is 5.45. The molecule has 0 radical (unpaired) electrons. The average Bonchev–Trinajstić information content (AvgIpc) is 3.09. The number of aromatic amines is 1. The molecule has 0 unspecified atom stereocenters.